The molecular formula is C17H17N3O. The number of nitrogens with one attached hydrogen (secondary N) is 1. The molecule has 0 saturated heterocycles. The zero-order valence-corrected chi connectivity index (χ0v) is 12.0. The molecule has 106 valence electrons. The number of H-pyrrole nitrogens is 1. The van der Waals surface area contributed by atoms with Crippen molar-refractivity contribution in [1.29, 1.82) is 0 Å². The Balaban J connectivity index is 1.92. The Kier molecular flexibility index (Phi) is 3.36. The first-order chi connectivity index (χ1) is 10.1. The minimum Gasteiger partial charge on any atom is -0.494 e. The fourth-order valence-corrected chi connectivity index (χ4v) is 2.26. The van der Waals surface area contributed by atoms with Gasteiger partial charge in [-0.05, 0) is 30.3 Å². The molecule has 0 unspecified atom stereocenters. The molecule has 0 atom stereocenters. The van der Waals surface area contributed by atoms with Gasteiger partial charge < -0.3 is 15.0 Å². The second-order valence-electron chi connectivity index (χ2n) is 5.10. The van der Waals surface area contributed by atoms with Crippen molar-refractivity contribution in [2.45, 2.75) is 0 Å². The van der Waals surface area contributed by atoms with Crippen molar-refractivity contribution in [2.75, 3.05) is 19.0 Å². The molecule has 4 heteroatoms. The van der Waals surface area contributed by atoms with E-state index in [9.17, 15) is 5.11 Å². The van der Waals surface area contributed by atoms with E-state index >= 15 is 0 Å². The fourth-order valence-electron chi connectivity index (χ4n) is 2.26. The van der Waals surface area contributed by atoms with E-state index in [1.807, 2.05) is 67.5 Å². The van der Waals surface area contributed by atoms with E-state index in [4.69, 9.17) is 0 Å². The number of aromatic nitrogens is 1. The average molecular weight is 279 g/mol. The molecule has 0 aliphatic rings. The number of fused-ring (bicyclic) bond motifs is 1. The molecule has 0 fully saturated rings. The molecular weight excluding hydrogens is 262 g/mol. The van der Waals surface area contributed by atoms with Gasteiger partial charge in [-0.25, -0.2) is 0 Å². The molecule has 0 aliphatic carbocycles. The summed E-state index contributed by atoms with van der Waals surface area (Å²) in [6.07, 6.45) is 1.69. The number of para-hydroxylation sites is 1. The second-order valence-corrected chi connectivity index (χ2v) is 5.10. The van der Waals surface area contributed by atoms with E-state index in [0.29, 0.717) is 5.56 Å². The zero-order chi connectivity index (χ0) is 14.8. The summed E-state index contributed by atoms with van der Waals surface area (Å²) in [5, 5.41) is 10.9. The summed E-state index contributed by atoms with van der Waals surface area (Å²) in [5.74, 6) is 0.143. The quantitative estimate of drug-likeness (QED) is 0.718. The Bertz CT molecular complexity index is 785. The lowest BCUT2D eigenvalue weighted by atomic mass is 10.2. The van der Waals surface area contributed by atoms with Crippen LogP contribution in [0.4, 0.5) is 11.4 Å². The molecule has 0 radical (unpaired) electrons. The van der Waals surface area contributed by atoms with Crippen molar-refractivity contribution in [3.63, 3.8) is 0 Å². The lowest BCUT2D eigenvalue weighted by Crippen LogP contribution is -2.07. The summed E-state index contributed by atoms with van der Waals surface area (Å²) in [7, 11) is 4.00. The number of aromatic hydroxyl groups is 1. The third-order valence-electron chi connectivity index (χ3n) is 3.43. The first-order valence-electron chi connectivity index (χ1n) is 6.76. The van der Waals surface area contributed by atoms with Crippen molar-refractivity contribution in [1.82, 2.24) is 4.98 Å². The summed E-state index contributed by atoms with van der Waals surface area (Å²) in [5.41, 5.74) is 3.59. The van der Waals surface area contributed by atoms with E-state index in [2.05, 4.69) is 9.98 Å². The van der Waals surface area contributed by atoms with Gasteiger partial charge >= 0.3 is 0 Å². The number of hydrogen-bond acceptors (Lipinski definition) is 3. The molecule has 3 aromatic rings. The van der Waals surface area contributed by atoms with E-state index < -0.39 is 0 Å². The number of rotatable bonds is 3. The highest BCUT2D eigenvalue weighted by Gasteiger charge is 2.07. The average Bonchev–Trinajstić information content (AvgIpc) is 2.81. The molecule has 21 heavy (non-hydrogen) atoms. The Morgan fingerprint density at radius 1 is 1.05 bits per heavy atom. The van der Waals surface area contributed by atoms with E-state index in [0.717, 1.165) is 22.3 Å². The van der Waals surface area contributed by atoms with Crippen LogP contribution in [0.2, 0.25) is 0 Å². The van der Waals surface area contributed by atoms with Gasteiger partial charge in [0.05, 0.1) is 11.3 Å². The molecule has 0 saturated carbocycles. The van der Waals surface area contributed by atoms with E-state index in [1.54, 1.807) is 6.21 Å². The van der Waals surface area contributed by atoms with Gasteiger partial charge in [0.2, 0.25) is 0 Å². The van der Waals surface area contributed by atoms with E-state index in [1.165, 1.54) is 0 Å². The van der Waals surface area contributed by atoms with Gasteiger partial charge in [-0.1, -0.05) is 18.2 Å². The number of anilines is 1. The third-order valence-corrected chi connectivity index (χ3v) is 3.43. The van der Waals surface area contributed by atoms with Crippen LogP contribution in [-0.4, -0.2) is 30.4 Å². The number of aromatic amines is 1. The van der Waals surface area contributed by atoms with Crippen LogP contribution in [0, 0.1) is 0 Å². The highest BCUT2D eigenvalue weighted by Crippen LogP contribution is 2.26. The summed E-state index contributed by atoms with van der Waals surface area (Å²) >= 11 is 0. The van der Waals surface area contributed by atoms with Crippen molar-refractivity contribution in [3.8, 4) is 5.88 Å². The maximum atomic E-state index is 9.98. The highest BCUT2D eigenvalue weighted by molar-refractivity contribution is 6.02. The summed E-state index contributed by atoms with van der Waals surface area (Å²) in [6.45, 7) is 0. The molecule has 2 N–H and O–H groups in total. The van der Waals surface area contributed by atoms with Gasteiger partial charge in [-0.15, -0.1) is 0 Å². The fraction of sp³-hybridized carbons (Fsp3) is 0.118. The summed E-state index contributed by atoms with van der Waals surface area (Å²) < 4.78 is 0. The van der Waals surface area contributed by atoms with Crippen molar-refractivity contribution in [2.24, 2.45) is 4.99 Å². The zero-order valence-electron chi connectivity index (χ0n) is 12.0. The molecule has 0 spiro atoms. The predicted octanol–water partition coefficient (Wildman–Crippen LogP) is 3.69. The van der Waals surface area contributed by atoms with Gasteiger partial charge in [-0.3, -0.25) is 4.99 Å². The lowest BCUT2D eigenvalue weighted by Gasteiger charge is -2.11. The Hall–Kier alpha value is -2.75. The van der Waals surface area contributed by atoms with Gasteiger partial charge in [0.25, 0.3) is 0 Å². The van der Waals surface area contributed by atoms with Crippen LogP contribution < -0.4 is 4.90 Å². The van der Waals surface area contributed by atoms with Crippen LogP contribution in [0.3, 0.4) is 0 Å². The molecule has 4 nitrogen and oxygen atoms in total. The number of nitrogens with zero attached hydrogens (tertiary/aromatic N) is 2. The Morgan fingerprint density at radius 2 is 1.76 bits per heavy atom. The first kappa shape index (κ1) is 13.2. The minimum absolute atomic E-state index is 0.143. The smallest absolute Gasteiger partial charge is 0.198 e. The molecule has 2 aromatic carbocycles. The largest absolute Gasteiger partial charge is 0.494 e. The van der Waals surface area contributed by atoms with Crippen LogP contribution in [0.5, 0.6) is 5.88 Å². The van der Waals surface area contributed by atoms with Crippen LogP contribution in [0.25, 0.3) is 10.9 Å². The minimum atomic E-state index is 0.143. The summed E-state index contributed by atoms with van der Waals surface area (Å²) in [6, 6.07) is 15.7. The number of aliphatic imine (C=N–C) groups is 1. The third kappa shape index (κ3) is 2.60. The molecule has 0 aliphatic heterocycles. The molecule has 1 heterocycles. The standard InChI is InChI=1S/C17H17N3O/c1-20(2)13-9-7-12(8-10-13)18-11-15-14-5-3-4-6-16(14)19-17(15)21/h3-11,19,21H,1-2H3. The van der Waals surface area contributed by atoms with Crippen LogP contribution >= 0.6 is 0 Å². The second kappa shape index (κ2) is 5.32. The first-order valence-corrected chi connectivity index (χ1v) is 6.76. The number of benzene rings is 2. The Morgan fingerprint density at radius 3 is 2.48 bits per heavy atom. The van der Waals surface area contributed by atoms with Gasteiger partial charge in [-0.2, -0.15) is 0 Å². The Labute approximate surface area is 123 Å². The monoisotopic (exact) mass is 279 g/mol. The topological polar surface area (TPSA) is 51.6 Å². The van der Waals surface area contributed by atoms with E-state index in [-0.39, 0.29) is 5.88 Å². The van der Waals surface area contributed by atoms with Crippen molar-refractivity contribution >= 4 is 28.5 Å². The molecule has 0 bridgehead atoms. The summed E-state index contributed by atoms with van der Waals surface area (Å²) in [4.78, 5) is 9.42. The van der Waals surface area contributed by atoms with Crippen molar-refractivity contribution in [3.05, 3.63) is 54.1 Å². The van der Waals surface area contributed by atoms with Crippen LogP contribution in [-0.2, 0) is 0 Å². The van der Waals surface area contributed by atoms with Crippen LogP contribution in [0.1, 0.15) is 5.56 Å². The molecule has 0 amide bonds. The molecule has 1 aromatic heterocycles. The normalized spacial score (nSPS) is 11.3. The van der Waals surface area contributed by atoms with Gasteiger partial charge in [0, 0.05) is 36.9 Å². The van der Waals surface area contributed by atoms with Gasteiger partial charge in [0.1, 0.15) is 0 Å². The predicted molar refractivity (Wildman–Crippen MR) is 88.0 cm³/mol. The maximum absolute atomic E-state index is 9.98. The van der Waals surface area contributed by atoms with Gasteiger partial charge in [0.15, 0.2) is 5.88 Å². The number of hydrogen-bond donors (Lipinski definition) is 2. The highest BCUT2D eigenvalue weighted by atomic mass is 16.3. The van der Waals surface area contributed by atoms with Crippen LogP contribution in [0.15, 0.2) is 53.5 Å². The van der Waals surface area contributed by atoms with Crippen molar-refractivity contribution < 1.29 is 5.11 Å². The molecule has 3 rings (SSSR count). The lowest BCUT2D eigenvalue weighted by molar-refractivity contribution is 0.457. The maximum Gasteiger partial charge on any atom is 0.198 e. The SMILES string of the molecule is CN(C)c1ccc(N=Cc2c(O)[nH]c3ccccc23)cc1.